The molecule has 13 heteroatoms. The molecule has 0 amide bonds. The van der Waals surface area contributed by atoms with E-state index in [1.165, 1.54) is 18.2 Å². The summed E-state index contributed by atoms with van der Waals surface area (Å²) >= 11 is 5.82. The third-order valence-corrected chi connectivity index (χ3v) is 4.62. The summed E-state index contributed by atoms with van der Waals surface area (Å²) in [5, 5.41) is 10.9. The molecule has 35 heavy (non-hydrogen) atoms. The van der Waals surface area contributed by atoms with Gasteiger partial charge in [-0.05, 0) is 24.3 Å². The van der Waals surface area contributed by atoms with Crippen LogP contribution in [0.15, 0.2) is 54.6 Å². The summed E-state index contributed by atoms with van der Waals surface area (Å²) in [5.74, 6) is -3.20. The number of carbonyl (C=O) groups excluding carboxylic acids is 1. The predicted molar refractivity (Wildman–Crippen MR) is 114 cm³/mol. The Bertz CT molecular complexity index is 1270. The monoisotopic (exact) mass is 515 g/mol. The summed E-state index contributed by atoms with van der Waals surface area (Å²) in [7, 11) is 1.16. The van der Waals surface area contributed by atoms with E-state index in [1.54, 1.807) is 6.07 Å². The number of halogens is 5. The zero-order chi connectivity index (χ0) is 25.8. The fourth-order valence-electron chi connectivity index (χ4n) is 2.71. The summed E-state index contributed by atoms with van der Waals surface area (Å²) in [6.07, 6.45) is -4.97. The van der Waals surface area contributed by atoms with Gasteiger partial charge in [-0.15, -0.1) is 0 Å². The van der Waals surface area contributed by atoms with Gasteiger partial charge in [-0.25, -0.2) is 9.18 Å². The van der Waals surface area contributed by atoms with Crippen LogP contribution in [0, 0.1) is 15.9 Å². The van der Waals surface area contributed by atoms with Gasteiger partial charge in [-0.1, -0.05) is 23.7 Å². The second-order valence-electron chi connectivity index (χ2n) is 6.66. The summed E-state index contributed by atoms with van der Waals surface area (Å²) in [6.45, 7) is -0.458. The lowest BCUT2D eigenvalue weighted by Gasteiger charge is -2.14. The van der Waals surface area contributed by atoms with E-state index in [2.05, 4.69) is 4.74 Å². The van der Waals surface area contributed by atoms with Gasteiger partial charge in [0.1, 0.15) is 17.3 Å². The van der Waals surface area contributed by atoms with Crippen molar-refractivity contribution in [1.82, 2.24) is 0 Å². The molecule has 8 nitrogen and oxygen atoms in total. The van der Waals surface area contributed by atoms with Crippen LogP contribution in [0.25, 0.3) is 0 Å². The van der Waals surface area contributed by atoms with Crippen LogP contribution in [0.4, 0.5) is 23.2 Å². The first-order valence-electron chi connectivity index (χ1n) is 9.48. The topological polar surface area (TPSA) is 97.1 Å². The van der Waals surface area contributed by atoms with Gasteiger partial charge < -0.3 is 18.9 Å². The average Bonchev–Trinajstić information content (AvgIpc) is 2.79. The van der Waals surface area contributed by atoms with Crippen LogP contribution in [0.1, 0.15) is 5.56 Å². The lowest BCUT2D eigenvalue weighted by Crippen LogP contribution is -2.12. The number of nitro benzene ring substituents is 1. The lowest BCUT2D eigenvalue weighted by atomic mass is 10.2. The summed E-state index contributed by atoms with van der Waals surface area (Å²) in [6, 6.07) is 9.95. The maximum absolute atomic E-state index is 13.9. The molecule has 3 rings (SSSR count). The molecule has 0 heterocycles. The average molecular weight is 516 g/mol. The number of nitro groups is 1. The Balaban J connectivity index is 1.93. The molecule has 0 radical (unpaired) electrons. The van der Waals surface area contributed by atoms with Crippen molar-refractivity contribution in [1.29, 1.82) is 0 Å². The van der Waals surface area contributed by atoms with Crippen LogP contribution in [0.5, 0.6) is 28.7 Å². The zero-order valence-corrected chi connectivity index (χ0v) is 18.4. The predicted octanol–water partition coefficient (Wildman–Crippen LogP) is 6.54. The number of alkyl halides is 3. The molecule has 0 spiro atoms. The van der Waals surface area contributed by atoms with Crippen LogP contribution in [0.2, 0.25) is 5.02 Å². The molecule has 0 N–H and O–H groups in total. The van der Waals surface area contributed by atoms with Crippen LogP contribution < -0.4 is 14.2 Å². The normalized spacial score (nSPS) is 11.0. The molecule has 0 atom stereocenters. The third-order valence-electron chi connectivity index (χ3n) is 4.33. The number of benzene rings is 3. The van der Waals surface area contributed by atoms with Crippen LogP contribution in [-0.2, 0) is 15.7 Å². The van der Waals surface area contributed by atoms with Crippen molar-refractivity contribution in [2.45, 2.75) is 6.18 Å². The minimum absolute atomic E-state index is 0.00439. The highest BCUT2D eigenvalue weighted by molar-refractivity contribution is 6.32. The third kappa shape index (κ3) is 6.29. The molecule has 0 aliphatic rings. The Morgan fingerprint density at radius 3 is 2.31 bits per heavy atom. The van der Waals surface area contributed by atoms with Crippen molar-refractivity contribution in [3.8, 4) is 28.7 Å². The maximum atomic E-state index is 13.9. The Morgan fingerprint density at radius 2 is 1.69 bits per heavy atom. The van der Waals surface area contributed by atoms with Gasteiger partial charge in [0, 0.05) is 18.2 Å². The molecule has 184 valence electrons. The first kappa shape index (κ1) is 25.6. The number of carbonyl (C=O) groups is 1. The van der Waals surface area contributed by atoms with Gasteiger partial charge in [0.25, 0.3) is 0 Å². The van der Waals surface area contributed by atoms with E-state index in [0.717, 1.165) is 25.3 Å². The van der Waals surface area contributed by atoms with Crippen molar-refractivity contribution >= 4 is 23.3 Å². The van der Waals surface area contributed by atoms with Crippen molar-refractivity contribution < 1.29 is 46.2 Å². The molecule has 0 fully saturated rings. The number of hydrogen-bond donors (Lipinski definition) is 0. The van der Waals surface area contributed by atoms with Gasteiger partial charge >= 0.3 is 17.8 Å². The smallest absolute Gasteiger partial charge is 0.419 e. The highest BCUT2D eigenvalue weighted by Crippen LogP contribution is 2.42. The highest BCUT2D eigenvalue weighted by Gasteiger charge is 2.35. The fraction of sp³-hybridized carbons (Fsp3) is 0.136. The van der Waals surface area contributed by atoms with Gasteiger partial charge in [0.2, 0.25) is 5.75 Å². The molecular weight excluding hydrogens is 502 g/mol. The molecule has 0 saturated carbocycles. The summed E-state index contributed by atoms with van der Waals surface area (Å²) < 4.78 is 73.3. The highest BCUT2D eigenvalue weighted by atomic mass is 35.5. The van der Waals surface area contributed by atoms with E-state index in [-0.39, 0.29) is 23.0 Å². The minimum atomic E-state index is -4.97. The largest absolute Gasteiger partial charge is 0.478 e. The lowest BCUT2D eigenvalue weighted by molar-refractivity contribution is -0.385. The van der Waals surface area contributed by atoms with Gasteiger partial charge in [-0.3, -0.25) is 10.1 Å². The van der Waals surface area contributed by atoms with Gasteiger partial charge in [-0.2, -0.15) is 13.2 Å². The quantitative estimate of drug-likeness (QED) is 0.145. The molecule has 3 aromatic carbocycles. The van der Waals surface area contributed by atoms with Gasteiger partial charge in [0.15, 0.2) is 18.1 Å². The Morgan fingerprint density at radius 1 is 1.00 bits per heavy atom. The van der Waals surface area contributed by atoms with Crippen LogP contribution in [0.3, 0.4) is 0 Å². The number of hydrogen-bond acceptors (Lipinski definition) is 7. The standard InChI is InChI=1S/C22H14ClF4NO7/c1-32-21(29)11-33-17-4-2-3-5-18(17)35-20-8-12(6-7-16(20)28(30)31)34-19-10-15(24)13(9-14(19)23)22(25,26)27/h2-10H,11H2,1H3. The van der Waals surface area contributed by atoms with Crippen LogP contribution >= 0.6 is 11.6 Å². The van der Waals surface area contributed by atoms with Crippen molar-refractivity contribution in [3.05, 3.63) is 81.1 Å². The second-order valence-corrected chi connectivity index (χ2v) is 7.07. The number of esters is 1. The molecule has 0 aliphatic heterocycles. The van der Waals surface area contributed by atoms with Crippen molar-refractivity contribution in [3.63, 3.8) is 0 Å². The number of methoxy groups -OCH3 is 1. The van der Waals surface area contributed by atoms with E-state index in [4.69, 9.17) is 25.8 Å². The van der Waals surface area contributed by atoms with E-state index in [0.29, 0.717) is 12.1 Å². The zero-order valence-electron chi connectivity index (χ0n) is 17.6. The van der Waals surface area contributed by atoms with E-state index in [1.807, 2.05) is 0 Å². The van der Waals surface area contributed by atoms with E-state index >= 15 is 0 Å². The van der Waals surface area contributed by atoms with E-state index < -0.39 is 51.5 Å². The molecule has 0 bridgehead atoms. The second kappa shape index (κ2) is 10.5. The number of rotatable bonds is 8. The maximum Gasteiger partial charge on any atom is 0.419 e. The fourth-order valence-corrected chi connectivity index (χ4v) is 2.91. The van der Waals surface area contributed by atoms with E-state index in [9.17, 15) is 32.5 Å². The molecule has 3 aromatic rings. The molecule has 0 unspecified atom stereocenters. The summed E-state index contributed by atoms with van der Waals surface area (Å²) in [4.78, 5) is 22.1. The van der Waals surface area contributed by atoms with Gasteiger partial charge in [0.05, 0.1) is 22.6 Å². The number of nitrogens with zero attached hydrogens (tertiary/aromatic N) is 1. The van der Waals surface area contributed by atoms with Crippen molar-refractivity contribution in [2.24, 2.45) is 0 Å². The molecule has 0 aromatic heterocycles. The summed E-state index contributed by atoms with van der Waals surface area (Å²) in [5.41, 5.74) is -2.07. The first-order valence-corrected chi connectivity index (χ1v) is 9.86. The molecule has 0 aliphatic carbocycles. The van der Waals surface area contributed by atoms with Crippen LogP contribution in [-0.4, -0.2) is 24.6 Å². The van der Waals surface area contributed by atoms with Crippen molar-refractivity contribution in [2.75, 3.05) is 13.7 Å². The first-order chi connectivity index (χ1) is 16.5. The Kier molecular flexibility index (Phi) is 7.65. The molecular formula is C22H14ClF4NO7. The number of para-hydroxylation sites is 2. The number of ether oxygens (including phenoxy) is 4. The molecule has 0 saturated heterocycles. The Labute approximate surface area is 199 Å². The SMILES string of the molecule is COC(=O)COc1ccccc1Oc1cc(Oc2cc(F)c(C(F)(F)F)cc2Cl)ccc1[N+](=O)[O-]. The Hall–Kier alpha value is -4.06. The minimum Gasteiger partial charge on any atom is -0.478 e.